The van der Waals surface area contributed by atoms with E-state index in [0.717, 1.165) is 5.69 Å². The molecule has 0 atom stereocenters. The second-order valence-corrected chi connectivity index (χ2v) is 1.88. The van der Waals surface area contributed by atoms with E-state index >= 15 is 0 Å². The Morgan fingerprint density at radius 2 is 2.38 bits per heavy atom. The number of aromatic amines is 1. The lowest BCUT2D eigenvalue weighted by Crippen LogP contribution is -2.06. The summed E-state index contributed by atoms with van der Waals surface area (Å²) in [6.07, 6.45) is 4.79. The predicted octanol–water partition coefficient (Wildman–Crippen LogP) is 0.881. The first kappa shape index (κ1) is 5.22. The van der Waals surface area contributed by atoms with Gasteiger partial charge in [-0.3, -0.25) is 0 Å². The Bertz CT molecular complexity index is 142. The van der Waals surface area contributed by atoms with Crippen LogP contribution in [0.2, 0.25) is 0 Å². The van der Waals surface area contributed by atoms with Gasteiger partial charge >= 0.3 is 0 Å². The molecular weight excluding hydrogens is 100 g/mol. The molecule has 0 aromatic carbocycles. The van der Waals surface area contributed by atoms with Crippen LogP contribution >= 0.6 is 0 Å². The average Bonchev–Trinajstić information content (AvgIpc) is 2.12. The van der Waals surface area contributed by atoms with Gasteiger partial charge in [-0.25, -0.2) is 0 Å². The highest BCUT2D eigenvalue weighted by Gasteiger charge is 1.90. The lowest BCUT2D eigenvalue weighted by molar-refractivity contribution is 1.13. The van der Waals surface area contributed by atoms with Gasteiger partial charge in [0, 0.05) is 20.3 Å². The number of nitrogens with zero attached hydrogens (tertiary/aromatic N) is 1. The van der Waals surface area contributed by atoms with Gasteiger partial charge in [0.15, 0.2) is 0 Å². The standard InChI is InChI=1S/C6H9N2/c1-8(2)6-3-4-7-5-6/h3-4,7H,1-2H3. The van der Waals surface area contributed by atoms with E-state index in [1.807, 2.05) is 31.3 Å². The second kappa shape index (κ2) is 1.90. The number of H-pyrrole nitrogens is 1. The van der Waals surface area contributed by atoms with Crippen molar-refractivity contribution in [1.29, 1.82) is 0 Å². The number of nitrogens with one attached hydrogen (secondary N) is 1. The molecule has 2 nitrogen and oxygen atoms in total. The summed E-state index contributed by atoms with van der Waals surface area (Å²) in [6.45, 7) is 0. The maximum absolute atomic E-state index is 2.94. The first-order valence-corrected chi connectivity index (χ1v) is 2.53. The fourth-order valence-electron chi connectivity index (χ4n) is 0.539. The van der Waals surface area contributed by atoms with Crippen molar-refractivity contribution in [3.8, 4) is 0 Å². The van der Waals surface area contributed by atoms with Crippen LogP contribution in [0.25, 0.3) is 0 Å². The van der Waals surface area contributed by atoms with Gasteiger partial charge in [-0.05, 0) is 6.07 Å². The van der Waals surface area contributed by atoms with Crippen LogP contribution in [-0.2, 0) is 0 Å². The van der Waals surface area contributed by atoms with Crippen LogP contribution in [0.5, 0.6) is 0 Å². The van der Waals surface area contributed by atoms with Crippen molar-refractivity contribution in [3.63, 3.8) is 0 Å². The quantitative estimate of drug-likeness (QED) is 0.567. The minimum atomic E-state index is 1.09. The molecule has 0 saturated carbocycles. The van der Waals surface area contributed by atoms with Crippen molar-refractivity contribution >= 4 is 5.69 Å². The summed E-state index contributed by atoms with van der Waals surface area (Å²) in [6, 6.07) is 1.97. The van der Waals surface area contributed by atoms with Gasteiger partial charge in [0.1, 0.15) is 0 Å². The third kappa shape index (κ3) is 0.832. The van der Waals surface area contributed by atoms with E-state index in [0.29, 0.717) is 0 Å². The molecule has 0 aliphatic carbocycles. The largest absolute Gasteiger partial charge is 0.376 e. The number of hydrogen-bond acceptors (Lipinski definition) is 1. The molecule has 1 radical (unpaired) electrons. The topological polar surface area (TPSA) is 19.0 Å². The molecule has 0 fully saturated rings. The molecule has 1 aromatic heterocycles. The highest BCUT2D eigenvalue weighted by atomic mass is 15.1. The van der Waals surface area contributed by atoms with E-state index in [2.05, 4.69) is 11.2 Å². The van der Waals surface area contributed by atoms with Crippen molar-refractivity contribution in [3.05, 3.63) is 18.5 Å². The maximum Gasteiger partial charge on any atom is 0.0878 e. The van der Waals surface area contributed by atoms with Crippen molar-refractivity contribution in [1.82, 2.24) is 4.98 Å². The Balaban J connectivity index is 2.77. The SMILES string of the molecule is CN(C)c1[c][nH]cc1. The summed E-state index contributed by atoms with van der Waals surface area (Å²) in [5, 5.41) is 0. The molecule has 0 spiro atoms. The zero-order chi connectivity index (χ0) is 5.98. The Labute approximate surface area is 49.1 Å². The molecule has 2 heteroatoms. The van der Waals surface area contributed by atoms with Gasteiger partial charge < -0.3 is 9.88 Å². The molecule has 0 amide bonds. The van der Waals surface area contributed by atoms with Crippen LogP contribution in [-0.4, -0.2) is 19.1 Å². The maximum atomic E-state index is 2.94. The minimum Gasteiger partial charge on any atom is -0.376 e. The smallest absolute Gasteiger partial charge is 0.0878 e. The summed E-state index contributed by atoms with van der Waals surface area (Å²) in [5.41, 5.74) is 1.09. The Hall–Kier alpha value is -0.920. The molecular formula is C6H9N2. The highest BCUT2D eigenvalue weighted by Crippen LogP contribution is 2.04. The van der Waals surface area contributed by atoms with Crippen molar-refractivity contribution in [2.24, 2.45) is 0 Å². The molecule has 43 valence electrons. The molecule has 1 heterocycles. The summed E-state index contributed by atoms with van der Waals surface area (Å²) >= 11 is 0. The van der Waals surface area contributed by atoms with Crippen molar-refractivity contribution < 1.29 is 0 Å². The number of rotatable bonds is 1. The molecule has 1 aromatic rings. The van der Waals surface area contributed by atoms with E-state index in [1.165, 1.54) is 0 Å². The van der Waals surface area contributed by atoms with Crippen LogP contribution in [0.15, 0.2) is 12.3 Å². The van der Waals surface area contributed by atoms with Crippen LogP contribution in [0, 0.1) is 6.20 Å². The van der Waals surface area contributed by atoms with Gasteiger partial charge in [-0.1, -0.05) is 0 Å². The third-order valence-corrected chi connectivity index (χ3v) is 1.01. The number of anilines is 1. The molecule has 1 N–H and O–H groups in total. The summed E-state index contributed by atoms with van der Waals surface area (Å²) in [4.78, 5) is 4.84. The van der Waals surface area contributed by atoms with Crippen LogP contribution in [0.1, 0.15) is 0 Å². The molecule has 1 rings (SSSR count). The third-order valence-electron chi connectivity index (χ3n) is 1.01. The lowest BCUT2D eigenvalue weighted by atomic mass is 10.5. The van der Waals surface area contributed by atoms with Crippen molar-refractivity contribution in [2.75, 3.05) is 19.0 Å². The van der Waals surface area contributed by atoms with E-state index in [1.54, 1.807) is 0 Å². The molecule has 0 saturated heterocycles. The molecule has 0 unspecified atom stereocenters. The minimum absolute atomic E-state index is 1.09. The fourth-order valence-corrected chi connectivity index (χ4v) is 0.539. The van der Waals surface area contributed by atoms with Crippen LogP contribution in [0.3, 0.4) is 0 Å². The molecule has 8 heavy (non-hydrogen) atoms. The normalized spacial score (nSPS) is 9.25. The first-order chi connectivity index (χ1) is 3.80. The van der Waals surface area contributed by atoms with Gasteiger partial charge in [-0.15, -0.1) is 0 Å². The van der Waals surface area contributed by atoms with E-state index in [9.17, 15) is 0 Å². The highest BCUT2D eigenvalue weighted by molar-refractivity contribution is 5.40. The molecule has 0 aliphatic rings. The first-order valence-electron chi connectivity index (χ1n) is 2.53. The summed E-state index contributed by atoms with van der Waals surface area (Å²) < 4.78 is 0. The van der Waals surface area contributed by atoms with Crippen LogP contribution < -0.4 is 4.90 Å². The number of hydrogen-bond donors (Lipinski definition) is 1. The van der Waals surface area contributed by atoms with Gasteiger partial charge in [0.25, 0.3) is 0 Å². The predicted molar refractivity (Wildman–Crippen MR) is 34.0 cm³/mol. The van der Waals surface area contributed by atoms with Gasteiger partial charge in [0.2, 0.25) is 0 Å². The Kier molecular flexibility index (Phi) is 1.24. The number of aromatic nitrogens is 1. The summed E-state index contributed by atoms with van der Waals surface area (Å²) in [7, 11) is 3.97. The van der Waals surface area contributed by atoms with E-state index in [4.69, 9.17) is 0 Å². The lowest BCUT2D eigenvalue weighted by Gasteiger charge is -2.06. The fraction of sp³-hybridized carbons (Fsp3) is 0.333. The average molecular weight is 109 g/mol. The zero-order valence-electron chi connectivity index (χ0n) is 5.10. The zero-order valence-corrected chi connectivity index (χ0v) is 5.10. The van der Waals surface area contributed by atoms with E-state index in [-0.39, 0.29) is 0 Å². The Morgan fingerprint density at radius 3 is 2.62 bits per heavy atom. The summed E-state index contributed by atoms with van der Waals surface area (Å²) in [5.74, 6) is 0. The molecule has 0 bridgehead atoms. The van der Waals surface area contributed by atoms with Crippen molar-refractivity contribution in [2.45, 2.75) is 0 Å². The van der Waals surface area contributed by atoms with Gasteiger partial charge in [-0.2, -0.15) is 0 Å². The Morgan fingerprint density at radius 1 is 1.62 bits per heavy atom. The molecule has 0 aliphatic heterocycles. The monoisotopic (exact) mass is 109 g/mol. The second-order valence-electron chi connectivity index (χ2n) is 1.88. The van der Waals surface area contributed by atoms with Crippen LogP contribution in [0.4, 0.5) is 5.69 Å². The van der Waals surface area contributed by atoms with Gasteiger partial charge in [0.05, 0.1) is 11.9 Å². The van der Waals surface area contributed by atoms with E-state index < -0.39 is 0 Å².